The van der Waals surface area contributed by atoms with Crippen molar-refractivity contribution in [1.29, 1.82) is 0 Å². The third-order valence-electron chi connectivity index (χ3n) is 2.92. The van der Waals surface area contributed by atoms with Crippen molar-refractivity contribution in [3.8, 4) is 0 Å². The lowest BCUT2D eigenvalue weighted by Gasteiger charge is -2.22. The van der Waals surface area contributed by atoms with Crippen molar-refractivity contribution < 1.29 is 9.53 Å². The summed E-state index contributed by atoms with van der Waals surface area (Å²) in [6.07, 6.45) is 6.23. The maximum atomic E-state index is 11.2. The summed E-state index contributed by atoms with van der Waals surface area (Å²) in [5.74, 6) is 0.802. The molecule has 1 N–H and O–H groups in total. The number of ether oxygens (including phenoxy) is 1. The molecular weight excluding hydrogens is 190 g/mol. The number of carbonyl (C=O) groups excluding carboxylic acids is 1. The second-order valence-corrected chi connectivity index (χ2v) is 4.31. The molecule has 0 aromatic carbocycles. The van der Waals surface area contributed by atoms with Crippen molar-refractivity contribution in [1.82, 2.24) is 5.32 Å². The molecule has 15 heavy (non-hydrogen) atoms. The first-order valence-electron chi connectivity index (χ1n) is 6.19. The van der Waals surface area contributed by atoms with Crippen LogP contribution < -0.4 is 5.32 Å². The molecule has 0 radical (unpaired) electrons. The zero-order valence-electron chi connectivity index (χ0n) is 9.76. The number of nitrogens with one attached hydrogen (secondary N) is 1. The van der Waals surface area contributed by atoms with E-state index in [1.54, 1.807) is 0 Å². The summed E-state index contributed by atoms with van der Waals surface area (Å²) in [6, 6.07) is 0. The molecule has 1 rings (SSSR count). The molecule has 3 nitrogen and oxygen atoms in total. The molecule has 0 spiro atoms. The van der Waals surface area contributed by atoms with E-state index in [-0.39, 0.29) is 5.97 Å². The fourth-order valence-corrected chi connectivity index (χ4v) is 1.99. The van der Waals surface area contributed by atoms with E-state index in [0.717, 1.165) is 31.8 Å². The highest BCUT2D eigenvalue weighted by molar-refractivity contribution is 5.69. The Morgan fingerprint density at radius 1 is 1.40 bits per heavy atom. The second-order valence-electron chi connectivity index (χ2n) is 4.31. The molecular formula is C12H23NO2. The van der Waals surface area contributed by atoms with E-state index in [9.17, 15) is 4.79 Å². The average Bonchev–Trinajstić information content (AvgIpc) is 2.28. The molecule has 3 heteroatoms. The first-order chi connectivity index (χ1) is 7.33. The normalized spacial score (nSPS) is 17.7. The summed E-state index contributed by atoms with van der Waals surface area (Å²) in [6.45, 7) is 4.88. The van der Waals surface area contributed by atoms with E-state index in [2.05, 4.69) is 5.32 Å². The van der Waals surface area contributed by atoms with Crippen LogP contribution in [0.5, 0.6) is 0 Å². The lowest BCUT2D eigenvalue weighted by Crippen LogP contribution is -2.27. The molecule has 1 aliphatic heterocycles. The molecule has 1 fully saturated rings. The molecule has 1 aliphatic rings. The van der Waals surface area contributed by atoms with Gasteiger partial charge in [0, 0.05) is 6.42 Å². The molecule has 0 amide bonds. The number of piperidine rings is 1. The Morgan fingerprint density at radius 2 is 2.13 bits per heavy atom. The van der Waals surface area contributed by atoms with Gasteiger partial charge in [0.05, 0.1) is 6.61 Å². The second kappa shape index (κ2) is 7.69. The van der Waals surface area contributed by atoms with Gasteiger partial charge in [-0.05, 0) is 51.1 Å². The van der Waals surface area contributed by atoms with Gasteiger partial charge in [0.2, 0.25) is 0 Å². The Balaban J connectivity index is 1.97. The third-order valence-corrected chi connectivity index (χ3v) is 2.92. The molecule has 0 bridgehead atoms. The van der Waals surface area contributed by atoms with Gasteiger partial charge in [0.25, 0.3) is 0 Å². The van der Waals surface area contributed by atoms with Crippen molar-refractivity contribution in [3.05, 3.63) is 0 Å². The fourth-order valence-electron chi connectivity index (χ4n) is 1.99. The van der Waals surface area contributed by atoms with Gasteiger partial charge in [0.15, 0.2) is 0 Å². The number of hydrogen-bond acceptors (Lipinski definition) is 3. The van der Waals surface area contributed by atoms with Crippen LogP contribution >= 0.6 is 0 Å². The zero-order chi connectivity index (χ0) is 10.9. The summed E-state index contributed by atoms with van der Waals surface area (Å²) < 4.78 is 5.03. The van der Waals surface area contributed by atoms with Gasteiger partial charge in [-0.25, -0.2) is 0 Å². The lowest BCUT2D eigenvalue weighted by molar-refractivity contribution is -0.143. The smallest absolute Gasteiger partial charge is 0.305 e. The van der Waals surface area contributed by atoms with E-state index in [0.29, 0.717) is 13.0 Å². The summed E-state index contributed by atoms with van der Waals surface area (Å²) in [5, 5.41) is 3.35. The van der Waals surface area contributed by atoms with Gasteiger partial charge in [-0.3, -0.25) is 4.79 Å². The Kier molecular flexibility index (Phi) is 6.41. The van der Waals surface area contributed by atoms with Crippen LogP contribution in [-0.4, -0.2) is 25.7 Å². The van der Waals surface area contributed by atoms with E-state index in [1.807, 2.05) is 6.92 Å². The molecule has 1 heterocycles. The molecule has 1 saturated heterocycles. The Hall–Kier alpha value is -0.570. The number of hydrogen-bond donors (Lipinski definition) is 1. The van der Waals surface area contributed by atoms with Gasteiger partial charge < -0.3 is 10.1 Å². The van der Waals surface area contributed by atoms with Crippen molar-refractivity contribution in [2.75, 3.05) is 19.7 Å². The van der Waals surface area contributed by atoms with Crippen LogP contribution in [0.2, 0.25) is 0 Å². The monoisotopic (exact) mass is 213 g/mol. The maximum absolute atomic E-state index is 11.2. The van der Waals surface area contributed by atoms with Crippen molar-refractivity contribution in [2.45, 2.75) is 45.4 Å². The number of carbonyl (C=O) groups is 1. The van der Waals surface area contributed by atoms with Crippen LogP contribution in [0.25, 0.3) is 0 Å². The van der Waals surface area contributed by atoms with Gasteiger partial charge in [-0.15, -0.1) is 0 Å². The highest BCUT2D eigenvalue weighted by Crippen LogP contribution is 2.18. The minimum Gasteiger partial charge on any atom is -0.466 e. The van der Waals surface area contributed by atoms with Crippen molar-refractivity contribution in [2.24, 2.45) is 5.92 Å². The van der Waals surface area contributed by atoms with Crippen LogP contribution in [0, 0.1) is 5.92 Å². The molecule has 0 aromatic heterocycles. The zero-order valence-corrected chi connectivity index (χ0v) is 9.76. The number of esters is 1. The molecule has 0 saturated carbocycles. The third kappa shape index (κ3) is 5.78. The molecule has 0 unspecified atom stereocenters. The largest absolute Gasteiger partial charge is 0.466 e. The predicted molar refractivity (Wildman–Crippen MR) is 60.7 cm³/mol. The van der Waals surface area contributed by atoms with Crippen LogP contribution in [0.4, 0.5) is 0 Å². The van der Waals surface area contributed by atoms with E-state index < -0.39 is 0 Å². The molecule has 0 aliphatic carbocycles. The lowest BCUT2D eigenvalue weighted by atomic mass is 9.92. The maximum Gasteiger partial charge on any atom is 0.305 e. The first kappa shape index (κ1) is 12.5. The average molecular weight is 213 g/mol. The van der Waals surface area contributed by atoms with Gasteiger partial charge in [0.1, 0.15) is 0 Å². The summed E-state index contributed by atoms with van der Waals surface area (Å²) >= 11 is 0. The minimum atomic E-state index is -0.0224. The summed E-state index contributed by atoms with van der Waals surface area (Å²) in [5.41, 5.74) is 0. The predicted octanol–water partition coefficient (Wildman–Crippen LogP) is 2.11. The van der Waals surface area contributed by atoms with Crippen LogP contribution in [0.15, 0.2) is 0 Å². The van der Waals surface area contributed by atoms with Gasteiger partial charge in [-0.2, -0.15) is 0 Å². The van der Waals surface area contributed by atoms with Gasteiger partial charge >= 0.3 is 5.97 Å². The van der Waals surface area contributed by atoms with Crippen molar-refractivity contribution >= 4 is 5.97 Å². The standard InChI is InChI=1S/C12H23NO2/c1-2-10-15-12(14)5-3-4-11-6-8-13-9-7-11/h11,13H,2-10H2,1H3. The quantitative estimate of drug-likeness (QED) is 0.687. The van der Waals surface area contributed by atoms with Crippen molar-refractivity contribution in [3.63, 3.8) is 0 Å². The summed E-state index contributed by atoms with van der Waals surface area (Å²) in [4.78, 5) is 11.2. The fraction of sp³-hybridized carbons (Fsp3) is 0.917. The Labute approximate surface area is 92.6 Å². The highest BCUT2D eigenvalue weighted by atomic mass is 16.5. The Morgan fingerprint density at radius 3 is 2.80 bits per heavy atom. The molecule has 0 atom stereocenters. The van der Waals surface area contributed by atoms with Crippen LogP contribution in [0.3, 0.4) is 0 Å². The Bertz CT molecular complexity index is 176. The topological polar surface area (TPSA) is 38.3 Å². The highest BCUT2D eigenvalue weighted by Gasteiger charge is 2.13. The van der Waals surface area contributed by atoms with E-state index in [4.69, 9.17) is 4.74 Å². The first-order valence-corrected chi connectivity index (χ1v) is 6.19. The molecule has 88 valence electrons. The molecule has 0 aromatic rings. The van der Waals surface area contributed by atoms with E-state index in [1.165, 1.54) is 19.3 Å². The summed E-state index contributed by atoms with van der Waals surface area (Å²) in [7, 11) is 0. The number of rotatable bonds is 6. The van der Waals surface area contributed by atoms with Crippen LogP contribution in [0.1, 0.15) is 45.4 Å². The minimum absolute atomic E-state index is 0.0224. The van der Waals surface area contributed by atoms with Crippen LogP contribution in [-0.2, 0) is 9.53 Å². The van der Waals surface area contributed by atoms with Gasteiger partial charge in [-0.1, -0.05) is 6.92 Å². The SMILES string of the molecule is CCCOC(=O)CCCC1CCNCC1. The van der Waals surface area contributed by atoms with E-state index >= 15 is 0 Å².